The van der Waals surface area contributed by atoms with Crippen molar-refractivity contribution >= 4 is 11.9 Å². The van der Waals surface area contributed by atoms with E-state index in [9.17, 15) is 9.59 Å². The maximum Gasteiger partial charge on any atom is 0.325 e. The number of esters is 2. The standard InChI is InChI=1S/C12H12O4/c1-2-15-11(13)10-9-6-4-3-5-8(9)7-16-12(10)14/h3-6,10H,2,7H2,1H3. The molecule has 2 rings (SSSR count). The first-order valence-electron chi connectivity index (χ1n) is 5.15. The van der Waals surface area contributed by atoms with Crippen LogP contribution >= 0.6 is 0 Å². The van der Waals surface area contributed by atoms with Gasteiger partial charge in [0.25, 0.3) is 0 Å². The summed E-state index contributed by atoms with van der Waals surface area (Å²) in [6, 6.07) is 7.25. The molecule has 4 nitrogen and oxygen atoms in total. The number of carbonyl (C=O) groups excluding carboxylic acids is 2. The van der Waals surface area contributed by atoms with Crippen LogP contribution in [0.1, 0.15) is 24.0 Å². The van der Waals surface area contributed by atoms with E-state index in [4.69, 9.17) is 9.47 Å². The molecule has 1 heterocycles. The Balaban J connectivity index is 2.37. The second-order valence-electron chi connectivity index (χ2n) is 3.49. The van der Waals surface area contributed by atoms with Gasteiger partial charge in [0, 0.05) is 0 Å². The predicted molar refractivity (Wildman–Crippen MR) is 55.6 cm³/mol. The molecule has 4 heteroatoms. The van der Waals surface area contributed by atoms with Crippen LogP contribution in [0.25, 0.3) is 0 Å². The summed E-state index contributed by atoms with van der Waals surface area (Å²) in [5.74, 6) is -2.00. The van der Waals surface area contributed by atoms with Crippen LogP contribution in [0.4, 0.5) is 0 Å². The Labute approximate surface area is 93.2 Å². The van der Waals surface area contributed by atoms with Crippen molar-refractivity contribution in [2.45, 2.75) is 19.4 Å². The van der Waals surface area contributed by atoms with Gasteiger partial charge in [0.2, 0.25) is 0 Å². The van der Waals surface area contributed by atoms with Gasteiger partial charge in [-0.3, -0.25) is 9.59 Å². The molecule has 0 amide bonds. The lowest BCUT2D eigenvalue weighted by atomic mass is 9.92. The highest BCUT2D eigenvalue weighted by atomic mass is 16.6. The van der Waals surface area contributed by atoms with E-state index in [0.717, 1.165) is 5.56 Å². The van der Waals surface area contributed by atoms with Gasteiger partial charge >= 0.3 is 11.9 Å². The van der Waals surface area contributed by atoms with Gasteiger partial charge in [-0.2, -0.15) is 0 Å². The van der Waals surface area contributed by atoms with Crippen LogP contribution < -0.4 is 0 Å². The molecule has 0 saturated carbocycles. The van der Waals surface area contributed by atoms with Crippen molar-refractivity contribution in [2.24, 2.45) is 0 Å². The fourth-order valence-corrected chi connectivity index (χ4v) is 1.76. The average Bonchev–Trinajstić information content (AvgIpc) is 2.29. The average molecular weight is 220 g/mol. The fourth-order valence-electron chi connectivity index (χ4n) is 1.76. The van der Waals surface area contributed by atoms with Gasteiger partial charge in [0.1, 0.15) is 6.61 Å². The second kappa shape index (κ2) is 4.35. The van der Waals surface area contributed by atoms with Gasteiger partial charge in [-0.05, 0) is 18.1 Å². The summed E-state index contributed by atoms with van der Waals surface area (Å²) in [5, 5.41) is 0. The number of hydrogen-bond donors (Lipinski definition) is 0. The number of ether oxygens (including phenoxy) is 2. The summed E-state index contributed by atoms with van der Waals surface area (Å²) in [4.78, 5) is 23.2. The molecule has 0 fully saturated rings. The number of benzene rings is 1. The summed E-state index contributed by atoms with van der Waals surface area (Å²) in [5.41, 5.74) is 1.55. The molecule has 1 aromatic carbocycles. The third-order valence-corrected chi connectivity index (χ3v) is 2.49. The molecule has 0 N–H and O–H groups in total. The molecule has 0 aromatic heterocycles. The zero-order chi connectivity index (χ0) is 11.5. The predicted octanol–water partition coefficient (Wildman–Crippen LogP) is 1.39. The van der Waals surface area contributed by atoms with Crippen LogP contribution in [0.15, 0.2) is 24.3 Å². The Kier molecular flexibility index (Phi) is 2.90. The Bertz CT molecular complexity index is 425. The van der Waals surface area contributed by atoms with Crippen molar-refractivity contribution in [1.82, 2.24) is 0 Å². The van der Waals surface area contributed by atoms with Gasteiger partial charge in [0.15, 0.2) is 5.92 Å². The molecular formula is C12H12O4. The van der Waals surface area contributed by atoms with E-state index in [1.807, 2.05) is 12.1 Å². The third kappa shape index (κ3) is 1.78. The van der Waals surface area contributed by atoms with Crippen LogP contribution in [0.5, 0.6) is 0 Å². The van der Waals surface area contributed by atoms with E-state index >= 15 is 0 Å². The summed E-state index contributed by atoms with van der Waals surface area (Å²) in [7, 11) is 0. The second-order valence-corrected chi connectivity index (χ2v) is 3.49. The van der Waals surface area contributed by atoms with Crippen molar-refractivity contribution in [3.8, 4) is 0 Å². The Morgan fingerprint density at radius 1 is 1.50 bits per heavy atom. The summed E-state index contributed by atoms with van der Waals surface area (Å²) in [6.07, 6.45) is 0. The third-order valence-electron chi connectivity index (χ3n) is 2.49. The van der Waals surface area contributed by atoms with E-state index in [1.165, 1.54) is 0 Å². The van der Waals surface area contributed by atoms with Crippen LogP contribution in [0, 0.1) is 0 Å². The topological polar surface area (TPSA) is 52.6 Å². The van der Waals surface area contributed by atoms with Crippen molar-refractivity contribution in [1.29, 1.82) is 0 Å². The first-order valence-corrected chi connectivity index (χ1v) is 5.15. The lowest BCUT2D eigenvalue weighted by Crippen LogP contribution is -2.30. The SMILES string of the molecule is CCOC(=O)C1C(=O)OCc2ccccc21. The van der Waals surface area contributed by atoms with Gasteiger partial charge in [-0.25, -0.2) is 0 Å². The Hall–Kier alpha value is -1.84. The van der Waals surface area contributed by atoms with Crippen LogP contribution in [-0.4, -0.2) is 18.5 Å². The first-order chi connectivity index (χ1) is 7.74. The van der Waals surface area contributed by atoms with Crippen LogP contribution in [0.2, 0.25) is 0 Å². The molecule has 16 heavy (non-hydrogen) atoms. The molecular weight excluding hydrogens is 208 g/mol. The molecule has 1 aliphatic rings. The highest BCUT2D eigenvalue weighted by molar-refractivity contribution is 6.01. The molecule has 0 bridgehead atoms. The van der Waals surface area contributed by atoms with E-state index in [2.05, 4.69) is 0 Å². The van der Waals surface area contributed by atoms with Gasteiger partial charge in [0.05, 0.1) is 6.61 Å². The highest BCUT2D eigenvalue weighted by Crippen LogP contribution is 2.28. The Morgan fingerprint density at radius 2 is 2.25 bits per heavy atom. The molecule has 0 aliphatic carbocycles. The minimum Gasteiger partial charge on any atom is -0.465 e. The molecule has 0 spiro atoms. The zero-order valence-electron chi connectivity index (χ0n) is 8.93. The van der Waals surface area contributed by atoms with E-state index in [1.54, 1.807) is 19.1 Å². The summed E-state index contributed by atoms with van der Waals surface area (Å²) in [6.45, 7) is 2.19. The van der Waals surface area contributed by atoms with Crippen molar-refractivity contribution < 1.29 is 19.1 Å². The largest absolute Gasteiger partial charge is 0.465 e. The zero-order valence-corrected chi connectivity index (χ0v) is 8.93. The van der Waals surface area contributed by atoms with E-state index in [-0.39, 0.29) is 13.2 Å². The number of cyclic esters (lactones) is 1. The van der Waals surface area contributed by atoms with E-state index in [0.29, 0.717) is 5.56 Å². The minimum atomic E-state index is -0.926. The molecule has 1 aliphatic heterocycles. The maximum absolute atomic E-state index is 11.6. The number of rotatable bonds is 2. The van der Waals surface area contributed by atoms with Crippen LogP contribution in [0.3, 0.4) is 0 Å². The van der Waals surface area contributed by atoms with Gasteiger partial charge in [-0.15, -0.1) is 0 Å². The lowest BCUT2D eigenvalue weighted by Gasteiger charge is -2.22. The van der Waals surface area contributed by atoms with Gasteiger partial charge < -0.3 is 9.47 Å². The molecule has 1 aromatic rings. The summed E-state index contributed by atoms with van der Waals surface area (Å²) >= 11 is 0. The Morgan fingerprint density at radius 3 is 3.00 bits per heavy atom. The number of fused-ring (bicyclic) bond motifs is 1. The van der Waals surface area contributed by atoms with Crippen LogP contribution in [-0.2, 0) is 25.7 Å². The fraction of sp³-hybridized carbons (Fsp3) is 0.333. The molecule has 1 unspecified atom stereocenters. The van der Waals surface area contributed by atoms with Crippen molar-refractivity contribution in [2.75, 3.05) is 6.61 Å². The monoisotopic (exact) mass is 220 g/mol. The smallest absolute Gasteiger partial charge is 0.325 e. The molecule has 0 saturated heterocycles. The summed E-state index contributed by atoms with van der Waals surface area (Å²) < 4.78 is 9.81. The number of hydrogen-bond acceptors (Lipinski definition) is 4. The van der Waals surface area contributed by atoms with E-state index < -0.39 is 17.9 Å². The normalized spacial score (nSPS) is 18.6. The number of carbonyl (C=O) groups is 2. The highest BCUT2D eigenvalue weighted by Gasteiger charge is 2.36. The first kappa shape index (κ1) is 10.7. The molecule has 0 radical (unpaired) electrons. The quantitative estimate of drug-likeness (QED) is 0.558. The molecule has 1 atom stereocenters. The lowest BCUT2D eigenvalue weighted by molar-refractivity contribution is -0.159. The maximum atomic E-state index is 11.6. The minimum absolute atomic E-state index is 0.227. The van der Waals surface area contributed by atoms with Crippen molar-refractivity contribution in [3.05, 3.63) is 35.4 Å². The van der Waals surface area contributed by atoms with Gasteiger partial charge in [-0.1, -0.05) is 24.3 Å². The molecule has 84 valence electrons. The van der Waals surface area contributed by atoms with Crippen molar-refractivity contribution in [3.63, 3.8) is 0 Å².